The second-order valence-corrected chi connectivity index (χ2v) is 3.29. The molecule has 1 saturated heterocycles. The van der Waals surface area contributed by atoms with Gasteiger partial charge in [0.25, 0.3) is 0 Å². The summed E-state index contributed by atoms with van der Waals surface area (Å²) in [7, 11) is 0. The Morgan fingerprint density at radius 2 is 1.57 bits per heavy atom. The zero-order valence-electron chi connectivity index (χ0n) is 6.66. The van der Waals surface area contributed by atoms with Crippen molar-refractivity contribution in [1.29, 1.82) is 0 Å². The van der Waals surface area contributed by atoms with Crippen molar-refractivity contribution < 1.29 is 28.7 Å². The SMILES string of the molecule is O=C1OC(=O)C2=C1CC21C(=O)OC1=O. The Bertz CT molecular complexity index is 454. The molecule has 1 aliphatic carbocycles. The predicted molar refractivity (Wildman–Crippen MR) is 36.3 cm³/mol. The smallest absolute Gasteiger partial charge is 0.344 e. The van der Waals surface area contributed by atoms with Crippen molar-refractivity contribution in [2.75, 3.05) is 0 Å². The molecule has 0 aromatic rings. The molecule has 0 atom stereocenters. The molecule has 0 saturated carbocycles. The molecule has 1 spiro atoms. The molecule has 3 rings (SSSR count). The lowest BCUT2D eigenvalue weighted by molar-refractivity contribution is -0.195. The van der Waals surface area contributed by atoms with Gasteiger partial charge in [-0.05, 0) is 0 Å². The zero-order valence-corrected chi connectivity index (χ0v) is 6.66. The largest absolute Gasteiger partial charge is 0.391 e. The Hall–Kier alpha value is -1.98. The first-order chi connectivity index (χ1) is 6.57. The minimum Gasteiger partial charge on any atom is -0.391 e. The maximum absolute atomic E-state index is 11.1. The highest BCUT2D eigenvalue weighted by molar-refractivity contribution is 6.30. The molecule has 6 nitrogen and oxygen atoms in total. The minimum absolute atomic E-state index is 0.0649. The quantitative estimate of drug-likeness (QED) is 0.357. The zero-order chi connectivity index (χ0) is 10.1. The number of rotatable bonds is 0. The molecular weight excluding hydrogens is 192 g/mol. The van der Waals surface area contributed by atoms with Crippen LogP contribution in [0.3, 0.4) is 0 Å². The van der Waals surface area contributed by atoms with Crippen LogP contribution in [0.25, 0.3) is 0 Å². The lowest BCUT2D eigenvalue weighted by Gasteiger charge is -2.41. The Kier molecular flexibility index (Phi) is 0.938. The van der Waals surface area contributed by atoms with Crippen LogP contribution in [0.2, 0.25) is 0 Å². The van der Waals surface area contributed by atoms with Crippen LogP contribution in [0.5, 0.6) is 0 Å². The Morgan fingerprint density at radius 1 is 0.929 bits per heavy atom. The lowest BCUT2D eigenvalue weighted by Crippen LogP contribution is -2.59. The molecule has 14 heavy (non-hydrogen) atoms. The van der Waals surface area contributed by atoms with Gasteiger partial charge in [0, 0.05) is 6.42 Å². The van der Waals surface area contributed by atoms with E-state index in [-0.39, 0.29) is 17.6 Å². The first-order valence-electron chi connectivity index (χ1n) is 3.84. The maximum atomic E-state index is 11.1. The van der Waals surface area contributed by atoms with Gasteiger partial charge in [-0.2, -0.15) is 0 Å². The molecule has 0 unspecified atom stereocenters. The molecule has 0 radical (unpaired) electrons. The number of ether oxygens (including phenoxy) is 2. The van der Waals surface area contributed by atoms with E-state index in [1.165, 1.54) is 0 Å². The van der Waals surface area contributed by atoms with Crippen molar-refractivity contribution in [2.24, 2.45) is 5.41 Å². The molecule has 0 amide bonds. The molecule has 0 N–H and O–H groups in total. The first-order valence-corrected chi connectivity index (χ1v) is 3.84. The number of esters is 4. The van der Waals surface area contributed by atoms with Crippen molar-refractivity contribution in [2.45, 2.75) is 6.42 Å². The van der Waals surface area contributed by atoms with Gasteiger partial charge < -0.3 is 9.47 Å². The summed E-state index contributed by atoms with van der Waals surface area (Å²) in [6.07, 6.45) is -0.0649. The highest BCUT2D eigenvalue weighted by Crippen LogP contribution is 2.56. The van der Waals surface area contributed by atoms with Crippen LogP contribution in [0, 0.1) is 5.41 Å². The van der Waals surface area contributed by atoms with E-state index in [0.717, 1.165) is 0 Å². The molecule has 0 bridgehead atoms. The van der Waals surface area contributed by atoms with Crippen LogP contribution in [-0.2, 0) is 28.7 Å². The van der Waals surface area contributed by atoms with E-state index in [9.17, 15) is 19.2 Å². The Balaban J connectivity index is 2.16. The number of carbonyl (C=O) groups is 4. The van der Waals surface area contributed by atoms with Crippen LogP contribution < -0.4 is 0 Å². The molecule has 3 aliphatic rings. The summed E-state index contributed by atoms with van der Waals surface area (Å²) in [5, 5.41) is 0. The third kappa shape index (κ3) is 0.484. The molecule has 70 valence electrons. The van der Waals surface area contributed by atoms with Gasteiger partial charge in [-0.3, -0.25) is 0 Å². The summed E-state index contributed by atoms with van der Waals surface area (Å²) < 4.78 is 8.42. The maximum Gasteiger partial charge on any atom is 0.344 e. The fourth-order valence-electron chi connectivity index (χ4n) is 1.91. The average molecular weight is 194 g/mol. The second-order valence-electron chi connectivity index (χ2n) is 3.29. The number of fused-ring (bicyclic) bond motifs is 1. The topological polar surface area (TPSA) is 86.7 Å². The third-order valence-electron chi connectivity index (χ3n) is 2.69. The lowest BCUT2D eigenvalue weighted by atomic mass is 9.62. The van der Waals surface area contributed by atoms with Crippen molar-refractivity contribution in [3.8, 4) is 0 Å². The standard InChI is InChI=1S/C8H2O6/c9-4-2-1-8(3(2)5(10)13-4)6(11)14-7(8)12/h1H2. The molecule has 2 aliphatic heterocycles. The first kappa shape index (κ1) is 7.43. The highest BCUT2D eigenvalue weighted by Gasteiger charge is 2.72. The second kappa shape index (κ2) is 1.77. The van der Waals surface area contributed by atoms with E-state index in [4.69, 9.17) is 0 Å². The predicted octanol–water partition coefficient (Wildman–Crippen LogP) is -1.16. The number of hydrogen-bond acceptors (Lipinski definition) is 6. The minimum atomic E-state index is -1.50. The number of hydrogen-bond donors (Lipinski definition) is 0. The summed E-state index contributed by atoms with van der Waals surface area (Å²) in [5.74, 6) is -3.20. The highest BCUT2D eigenvalue weighted by atomic mass is 16.6. The van der Waals surface area contributed by atoms with Crippen LogP contribution in [0.1, 0.15) is 6.42 Å². The fraction of sp³-hybridized carbons (Fsp3) is 0.250. The third-order valence-corrected chi connectivity index (χ3v) is 2.69. The van der Waals surface area contributed by atoms with Crippen molar-refractivity contribution in [3.05, 3.63) is 11.1 Å². The van der Waals surface area contributed by atoms with Crippen molar-refractivity contribution in [1.82, 2.24) is 0 Å². The van der Waals surface area contributed by atoms with Crippen LogP contribution >= 0.6 is 0 Å². The molecular formula is C8H2O6. The van der Waals surface area contributed by atoms with E-state index in [1.807, 2.05) is 0 Å². The Labute approximate surface area is 76.5 Å². The summed E-state index contributed by atoms with van der Waals surface area (Å²) in [6, 6.07) is 0. The van der Waals surface area contributed by atoms with Crippen molar-refractivity contribution in [3.63, 3.8) is 0 Å². The fourth-order valence-corrected chi connectivity index (χ4v) is 1.91. The molecule has 0 aromatic heterocycles. The van der Waals surface area contributed by atoms with Gasteiger partial charge >= 0.3 is 23.9 Å². The molecule has 6 heteroatoms. The molecule has 2 heterocycles. The average Bonchev–Trinajstić information content (AvgIpc) is 2.20. The van der Waals surface area contributed by atoms with Crippen LogP contribution in [0.4, 0.5) is 0 Å². The summed E-state index contributed by atoms with van der Waals surface area (Å²) in [5.41, 5.74) is -1.50. The van der Waals surface area contributed by atoms with E-state index < -0.39 is 29.3 Å². The van der Waals surface area contributed by atoms with Gasteiger partial charge in [0.1, 0.15) is 0 Å². The summed E-state index contributed by atoms with van der Waals surface area (Å²) >= 11 is 0. The molecule has 1 fully saturated rings. The summed E-state index contributed by atoms with van der Waals surface area (Å²) in [6.45, 7) is 0. The van der Waals surface area contributed by atoms with E-state index in [1.54, 1.807) is 0 Å². The van der Waals surface area contributed by atoms with Gasteiger partial charge in [-0.1, -0.05) is 0 Å². The van der Waals surface area contributed by atoms with E-state index in [0.29, 0.717) is 0 Å². The van der Waals surface area contributed by atoms with Crippen LogP contribution in [0.15, 0.2) is 11.1 Å². The normalized spacial score (nSPS) is 26.9. The van der Waals surface area contributed by atoms with Crippen LogP contribution in [-0.4, -0.2) is 23.9 Å². The van der Waals surface area contributed by atoms with Gasteiger partial charge in [-0.15, -0.1) is 0 Å². The van der Waals surface area contributed by atoms with E-state index >= 15 is 0 Å². The Morgan fingerprint density at radius 3 is 2.07 bits per heavy atom. The van der Waals surface area contributed by atoms with Gasteiger partial charge in [0.15, 0.2) is 0 Å². The number of cyclic esters (lactones) is 4. The van der Waals surface area contributed by atoms with E-state index in [2.05, 4.69) is 9.47 Å². The van der Waals surface area contributed by atoms with Crippen molar-refractivity contribution >= 4 is 23.9 Å². The monoisotopic (exact) mass is 194 g/mol. The van der Waals surface area contributed by atoms with Gasteiger partial charge in [-0.25, -0.2) is 19.2 Å². The summed E-state index contributed by atoms with van der Waals surface area (Å²) in [4.78, 5) is 44.1. The van der Waals surface area contributed by atoms with Gasteiger partial charge in [0.2, 0.25) is 5.41 Å². The van der Waals surface area contributed by atoms with Gasteiger partial charge in [0.05, 0.1) is 11.1 Å². The number of carbonyl (C=O) groups excluding carboxylic acids is 4. The molecule has 0 aromatic carbocycles.